The van der Waals surface area contributed by atoms with Crippen molar-refractivity contribution in [2.24, 2.45) is 0 Å². The average molecular weight is 699 g/mol. The first-order valence-corrected chi connectivity index (χ1v) is 18.9. The second kappa shape index (κ2) is 12.7. The second-order valence-corrected chi connectivity index (χ2v) is 14.3. The zero-order valence-electron chi connectivity index (χ0n) is 30.0. The molecule has 0 N–H and O–H groups in total. The highest BCUT2D eigenvalue weighted by molar-refractivity contribution is 6.28. The summed E-state index contributed by atoms with van der Waals surface area (Å²) in [7, 11) is 0. The lowest BCUT2D eigenvalue weighted by atomic mass is 9.82. The van der Waals surface area contributed by atoms with Crippen LogP contribution in [0.2, 0.25) is 0 Å². The smallest absolute Gasteiger partial charge is 0.137 e. The number of fused-ring (bicyclic) bond motifs is 5. The van der Waals surface area contributed by atoms with E-state index < -0.39 is 0 Å². The number of rotatable bonds is 6. The maximum absolute atomic E-state index is 4.83. The van der Waals surface area contributed by atoms with Crippen molar-refractivity contribution < 1.29 is 0 Å². The lowest BCUT2D eigenvalue weighted by molar-refractivity contribution is 1.18. The van der Waals surface area contributed by atoms with E-state index in [1.54, 1.807) is 0 Å². The molecular formula is C53H34N2. The van der Waals surface area contributed by atoms with Crippen molar-refractivity contribution in [1.82, 2.24) is 4.98 Å². The van der Waals surface area contributed by atoms with E-state index in [0.29, 0.717) is 0 Å². The molecule has 0 aliphatic heterocycles. The Morgan fingerprint density at radius 2 is 0.891 bits per heavy atom. The predicted molar refractivity (Wildman–Crippen MR) is 232 cm³/mol. The Morgan fingerprint density at radius 1 is 0.327 bits per heavy atom. The molecule has 0 atom stereocenters. The van der Waals surface area contributed by atoms with E-state index in [9.17, 15) is 0 Å². The highest BCUT2D eigenvalue weighted by Crippen LogP contribution is 2.58. The Morgan fingerprint density at radius 3 is 1.60 bits per heavy atom. The first-order chi connectivity index (χ1) is 27.3. The van der Waals surface area contributed by atoms with Gasteiger partial charge in [0.1, 0.15) is 5.82 Å². The highest BCUT2D eigenvalue weighted by atomic mass is 15.2. The summed E-state index contributed by atoms with van der Waals surface area (Å²) in [5, 5.41) is 7.51. The summed E-state index contributed by atoms with van der Waals surface area (Å²) in [5.41, 5.74) is 14.7. The summed E-state index contributed by atoms with van der Waals surface area (Å²) >= 11 is 0. The largest absolute Gasteiger partial charge is 0.295 e. The summed E-state index contributed by atoms with van der Waals surface area (Å²) in [6.07, 6.45) is 1.87. The molecule has 1 aliphatic rings. The van der Waals surface area contributed by atoms with Crippen molar-refractivity contribution in [3.8, 4) is 55.6 Å². The van der Waals surface area contributed by atoms with Crippen LogP contribution in [0.15, 0.2) is 206 Å². The van der Waals surface area contributed by atoms with Crippen molar-refractivity contribution in [2.75, 3.05) is 4.90 Å². The molecule has 0 saturated carbocycles. The molecule has 9 aromatic carbocycles. The fourth-order valence-electron chi connectivity index (χ4n) is 8.89. The van der Waals surface area contributed by atoms with E-state index in [-0.39, 0.29) is 0 Å². The van der Waals surface area contributed by atoms with Gasteiger partial charge in [0.15, 0.2) is 0 Å². The maximum atomic E-state index is 4.83. The maximum Gasteiger partial charge on any atom is 0.137 e. The Bertz CT molecular complexity index is 2990. The van der Waals surface area contributed by atoms with E-state index in [0.717, 1.165) is 22.8 Å². The van der Waals surface area contributed by atoms with Crippen LogP contribution in [-0.2, 0) is 0 Å². The van der Waals surface area contributed by atoms with Crippen LogP contribution >= 0.6 is 0 Å². The summed E-state index contributed by atoms with van der Waals surface area (Å²) in [6.45, 7) is 0. The standard InChI is InChI=1S/C53H34N2/c1-3-16-36(17-4-1)49-44-23-9-10-24-45(44)50(37-18-5-2-6-19-37)53-47-31-30-42(43-25-14-26-46(51(43)47)52(49)53)39-21-13-22-40(34-39)55(48-27-11-12-32-54-48)41-29-28-35-15-7-8-20-38(35)33-41/h1-34H. The zero-order chi connectivity index (χ0) is 36.3. The SMILES string of the molecule is c1ccc(-c2c3c(c(-c4ccccc4)c4ccccc24)-c2ccc(-c4cccc(N(c5ccc6ccccc6c5)c5ccccn5)c4)c4cccc-3c24)cc1. The molecular weight excluding hydrogens is 665 g/mol. The van der Waals surface area contributed by atoms with Gasteiger partial charge in [0.05, 0.1) is 0 Å². The van der Waals surface area contributed by atoms with Crippen molar-refractivity contribution in [1.29, 1.82) is 0 Å². The molecule has 1 heterocycles. The van der Waals surface area contributed by atoms with E-state index in [1.165, 1.54) is 82.4 Å². The molecule has 0 saturated heterocycles. The molecule has 0 bridgehead atoms. The Balaban J connectivity index is 1.15. The molecule has 11 rings (SSSR count). The van der Waals surface area contributed by atoms with Gasteiger partial charge in [0, 0.05) is 17.6 Å². The van der Waals surface area contributed by atoms with Crippen LogP contribution in [0, 0.1) is 0 Å². The van der Waals surface area contributed by atoms with Gasteiger partial charge < -0.3 is 0 Å². The minimum absolute atomic E-state index is 0.875. The normalized spacial score (nSPS) is 11.6. The number of anilines is 3. The number of nitrogens with zero attached hydrogens (tertiary/aromatic N) is 2. The molecule has 1 aromatic heterocycles. The number of aromatic nitrogens is 1. The molecule has 0 spiro atoms. The van der Waals surface area contributed by atoms with Gasteiger partial charge in [-0.05, 0) is 124 Å². The number of hydrogen-bond donors (Lipinski definition) is 0. The van der Waals surface area contributed by atoms with E-state index in [1.807, 2.05) is 12.3 Å². The summed E-state index contributed by atoms with van der Waals surface area (Å²) < 4.78 is 0. The fourth-order valence-corrected chi connectivity index (χ4v) is 8.89. The van der Waals surface area contributed by atoms with Crippen LogP contribution in [-0.4, -0.2) is 4.98 Å². The van der Waals surface area contributed by atoms with E-state index in [2.05, 4.69) is 199 Å². The molecule has 0 amide bonds. The van der Waals surface area contributed by atoms with Crippen LogP contribution in [0.25, 0.3) is 88.0 Å². The molecule has 2 nitrogen and oxygen atoms in total. The Kier molecular flexibility index (Phi) is 7.21. The van der Waals surface area contributed by atoms with Gasteiger partial charge in [-0.25, -0.2) is 4.98 Å². The average Bonchev–Trinajstić information content (AvgIpc) is 3.58. The highest BCUT2D eigenvalue weighted by Gasteiger charge is 2.31. The zero-order valence-corrected chi connectivity index (χ0v) is 30.0. The molecule has 1 aliphatic carbocycles. The fraction of sp³-hybridized carbons (Fsp3) is 0. The van der Waals surface area contributed by atoms with Crippen molar-refractivity contribution in [2.45, 2.75) is 0 Å². The van der Waals surface area contributed by atoms with Crippen molar-refractivity contribution >= 4 is 49.5 Å². The van der Waals surface area contributed by atoms with E-state index in [4.69, 9.17) is 4.98 Å². The molecule has 0 fully saturated rings. The first kappa shape index (κ1) is 31.3. The quantitative estimate of drug-likeness (QED) is 0.172. The topological polar surface area (TPSA) is 16.1 Å². The third-order valence-electron chi connectivity index (χ3n) is 11.2. The molecule has 0 unspecified atom stereocenters. The minimum Gasteiger partial charge on any atom is -0.295 e. The van der Waals surface area contributed by atoms with Crippen LogP contribution in [0.4, 0.5) is 17.2 Å². The van der Waals surface area contributed by atoms with Crippen LogP contribution < -0.4 is 4.90 Å². The van der Waals surface area contributed by atoms with Gasteiger partial charge in [-0.2, -0.15) is 0 Å². The van der Waals surface area contributed by atoms with Crippen LogP contribution in [0.5, 0.6) is 0 Å². The van der Waals surface area contributed by atoms with E-state index >= 15 is 0 Å². The van der Waals surface area contributed by atoms with Crippen LogP contribution in [0.1, 0.15) is 0 Å². The van der Waals surface area contributed by atoms with Gasteiger partial charge in [0.2, 0.25) is 0 Å². The summed E-state index contributed by atoms with van der Waals surface area (Å²) in [4.78, 5) is 7.09. The summed E-state index contributed by atoms with van der Waals surface area (Å²) in [6, 6.07) is 72.6. The van der Waals surface area contributed by atoms with Gasteiger partial charge in [-0.15, -0.1) is 0 Å². The van der Waals surface area contributed by atoms with Gasteiger partial charge >= 0.3 is 0 Å². The van der Waals surface area contributed by atoms with Gasteiger partial charge in [-0.1, -0.05) is 164 Å². The number of hydrogen-bond acceptors (Lipinski definition) is 2. The first-order valence-electron chi connectivity index (χ1n) is 18.9. The lowest BCUT2D eigenvalue weighted by Gasteiger charge is -2.25. The molecule has 2 heteroatoms. The monoisotopic (exact) mass is 698 g/mol. The number of pyridine rings is 1. The van der Waals surface area contributed by atoms with Crippen molar-refractivity contribution in [3.63, 3.8) is 0 Å². The Labute approximate surface area is 320 Å². The Hall–Kier alpha value is -7.29. The molecule has 0 radical (unpaired) electrons. The second-order valence-electron chi connectivity index (χ2n) is 14.3. The third-order valence-corrected chi connectivity index (χ3v) is 11.2. The summed E-state index contributed by atoms with van der Waals surface area (Å²) in [5.74, 6) is 0.875. The van der Waals surface area contributed by atoms with Crippen LogP contribution in [0.3, 0.4) is 0 Å². The number of benzene rings is 9. The van der Waals surface area contributed by atoms with Gasteiger partial charge in [0.25, 0.3) is 0 Å². The molecule has 256 valence electrons. The lowest BCUT2D eigenvalue weighted by Crippen LogP contribution is -2.11. The van der Waals surface area contributed by atoms with Gasteiger partial charge in [-0.3, -0.25) is 4.90 Å². The molecule has 55 heavy (non-hydrogen) atoms. The third kappa shape index (κ3) is 5.00. The minimum atomic E-state index is 0.875. The van der Waals surface area contributed by atoms with Crippen molar-refractivity contribution in [3.05, 3.63) is 206 Å². The predicted octanol–water partition coefficient (Wildman–Crippen LogP) is 14.7. The molecule has 10 aromatic rings.